The van der Waals surface area contributed by atoms with Gasteiger partial charge in [-0.1, -0.05) is 12.1 Å². The first-order valence-electron chi connectivity index (χ1n) is 5.47. The van der Waals surface area contributed by atoms with E-state index in [2.05, 4.69) is 16.9 Å². The lowest BCUT2D eigenvalue weighted by atomic mass is 9.91. The van der Waals surface area contributed by atoms with Crippen LogP contribution in [0, 0.1) is 12.1 Å². The van der Waals surface area contributed by atoms with E-state index in [9.17, 15) is 9.59 Å². The third kappa shape index (κ3) is 2.54. The van der Waals surface area contributed by atoms with Gasteiger partial charge in [-0.15, -0.1) is 0 Å². The Morgan fingerprint density at radius 1 is 1.41 bits per heavy atom. The number of carbonyl (C=O) groups is 2. The highest BCUT2D eigenvalue weighted by atomic mass is 16.5. The summed E-state index contributed by atoms with van der Waals surface area (Å²) >= 11 is 0. The lowest BCUT2D eigenvalue weighted by Gasteiger charge is -2.11. The van der Waals surface area contributed by atoms with Crippen molar-refractivity contribution in [1.82, 2.24) is 0 Å². The van der Waals surface area contributed by atoms with Crippen molar-refractivity contribution in [3.8, 4) is 0 Å². The van der Waals surface area contributed by atoms with E-state index in [0.29, 0.717) is 12.0 Å². The smallest absolute Gasteiger partial charge is 0.330 e. The molecule has 2 rings (SSSR count). The zero-order chi connectivity index (χ0) is 12.3. The minimum Gasteiger partial charge on any atom is -0.466 e. The second-order valence-electron chi connectivity index (χ2n) is 3.88. The van der Waals surface area contributed by atoms with Gasteiger partial charge in [0.2, 0.25) is 0 Å². The van der Waals surface area contributed by atoms with Crippen LogP contribution < -0.4 is 0 Å². The molecule has 0 aromatic heterocycles. The summed E-state index contributed by atoms with van der Waals surface area (Å²) < 4.78 is 4.50. The average molecular weight is 228 g/mol. The first-order valence-corrected chi connectivity index (χ1v) is 5.47. The van der Waals surface area contributed by atoms with Gasteiger partial charge in [-0.2, -0.15) is 0 Å². The van der Waals surface area contributed by atoms with Crippen LogP contribution in [0.1, 0.15) is 34.3 Å². The van der Waals surface area contributed by atoms with Gasteiger partial charge in [-0.05, 0) is 30.5 Å². The molecule has 0 saturated carbocycles. The summed E-state index contributed by atoms with van der Waals surface area (Å²) in [6, 6.07) is 7.61. The van der Waals surface area contributed by atoms with Crippen LogP contribution in [0.15, 0.2) is 12.1 Å². The van der Waals surface area contributed by atoms with Crippen molar-refractivity contribution in [2.45, 2.75) is 19.3 Å². The molecule has 3 heteroatoms. The fourth-order valence-electron chi connectivity index (χ4n) is 1.84. The molecule has 0 atom stereocenters. The normalized spacial score (nSPS) is 14.3. The number of fused-ring (bicyclic) bond motifs is 1. The third-order valence-electron chi connectivity index (χ3n) is 2.71. The van der Waals surface area contributed by atoms with Crippen LogP contribution in [0.25, 0.3) is 6.08 Å². The van der Waals surface area contributed by atoms with Crippen molar-refractivity contribution >= 4 is 17.8 Å². The highest BCUT2D eigenvalue weighted by molar-refractivity contribution is 5.98. The molecule has 0 spiro atoms. The Kier molecular flexibility index (Phi) is 3.24. The summed E-state index contributed by atoms with van der Waals surface area (Å²) in [6.45, 7) is 0. The van der Waals surface area contributed by atoms with E-state index in [1.165, 1.54) is 13.2 Å². The van der Waals surface area contributed by atoms with Gasteiger partial charge in [0.1, 0.15) is 0 Å². The van der Waals surface area contributed by atoms with E-state index in [0.717, 1.165) is 24.0 Å². The second kappa shape index (κ2) is 4.84. The van der Waals surface area contributed by atoms with Gasteiger partial charge in [0.05, 0.1) is 12.7 Å². The Bertz CT molecular complexity index is 486. The predicted octanol–water partition coefficient (Wildman–Crippen LogP) is 1.99. The number of hydrogen-bond acceptors (Lipinski definition) is 3. The summed E-state index contributed by atoms with van der Waals surface area (Å²) in [5, 5.41) is 0. The van der Waals surface area contributed by atoms with Crippen LogP contribution >= 0.6 is 0 Å². The minimum atomic E-state index is -0.410. The number of hydrogen-bond donors (Lipinski definition) is 0. The van der Waals surface area contributed by atoms with Crippen LogP contribution in [0.4, 0.5) is 0 Å². The van der Waals surface area contributed by atoms with Crippen LogP contribution in [-0.2, 0) is 16.0 Å². The van der Waals surface area contributed by atoms with Crippen molar-refractivity contribution in [2.24, 2.45) is 0 Å². The molecule has 0 saturated heterocycles. The maximum absolute atomic E-state index is 11.6. The highest BCUT2D eigenvalue weighted by Gasteiger charge is 2.16. The van der Waals surface area contributed by atoms with E-state index in [-0.39, 0.29) is 5.78 Å². The standard InChI is InChI=1S/C14H12O3/c1-17-14(16)8-6-10-5-7-12-11(9-10)3-2-4-13(12)15/h6,8-9H,2-4H2,1H3/b8-6+. The average Bonchev–Trinajstić information content (AvgIpc) is 2.36. The van der Waals surface area contributed by atoms with E-state index in [4.69, 9.17) is 0 Å². The second-order valence-corrected chi connectivity index (χ2v) is 3.88. The van der Waals surface area contributed by atoms with E-state index in [1.54, 1.807) is 6.08 Å². The molecular formula is C14H12O3. The maximum atomic E-state index is 11.6. The van der Waals surface area contributed by atoms with Crippen LogP contribution in [0.3, 0.4) is 0 Å². The van der Waals surface area contributed by atoms with Crippen molar-refractivity contribution in [3.05, 3.63) is 41.0 Å². The molecule has 86 valence electrons. The molecule has 1 aromatic carbocycles. The molecule has 0 unspecified atom stereocenters. The quantitative estimate of drug-likeness (QED) is 0.574. The molecule has 0 amide bonds. The molecule has 0 N–H and O–H groups in total. The fraction of sp³-hybridized carbons (Fsp3) is 0.286. The minimum absolute atomic E-state index is 0.131. The van der Waals surface area contributed by atoms with Gasteiger partial charge in [0, 0.05) is 18.1 Å². The molecule has 0 radical (unpaired) electrons. The lowest BCUT2D eigenvalue weighted by molar-refractivity contribution is -0.134. The summed E-state index contributed by atoms with van der Waals surface area (Å²) in [5.41, 5.74) is 2.37. The Balaban J connectivity index is 2.24. The van der Waals surface area contributed by atoms with Crippen molar-refractivity contribution < 1.29 is 14.3 Å². The SMILES string of the molecule is COC(=O)/C=C/c1c#cc2c(c1)CCCC2=O. The molecule has 3 nitrogen and oxygen atoms in total. The van der Waals surface area contributed by atoms with Gasteiger partial charge < -0.3 is 4.74 Å². The highest BCUT2D eigenvalue weighted by Crippen LogP contribution is 2.20. The summed E-state index contributed by atoms with van der Waals surface area (Å²) in [7, 11) is 1.33. The third-order valence-corrected chi connectivity index (χ3v) is 2.71. The number of methoxy groups -OCH3 is 1. The van der Waals surface area contributed by atoms with Gasteiger partial charge in [-0.3, -0.25) is 4.79 Å². The summed E-state index contributed by atoms with van der Waals surface area (Å²) in [6.07, 6.45) is 5.29. The van der Waals surface area contributed by atoms with Crippen molar-refractivity contribution in [1.29, 1.82) is 0 Å². The Hall–Kier alpha value is -2.08. The number of rotatable bonds is 2. The molecule has 0 bridgehead atoms. The van der Waals surface area contributed by atoms with Crippen LogP contribution in [0.2, 0.25) is 0 Å². The molecule has 0 heterocycles. The lowest BCUT2D eigenvalue weighted by Crippen LogP contribution is -2.09. The Labute approximate surface area is 100 Å². The number of Topliss-reactive ketones (excluding diaryl/α,β-unsaturated/α-hetero) is 1. The number of carbonyl (C=O) groups excluding carboxylic acids is 2. The monoisotopic (exact) mass is 228 g/mol. The van der Waals surface area contributed by atoms with E-state index >= 15 is 0 Å². The van der Waals surface area contributed by atoms with Crippen LogP contribution in [-0.4, -0.2) is 18.9 Å². The van der Waals surface area contributed by atoms with Gasteiger partial charge in [0.25, 0.3) is 0 Å². The molecular weight excluding hydrogens is 216 g/mol. The summed E-state index contributed by atoms with van der Waals surface area (Å²) in [4.78, 5) is 22.5. The zero-order valence-electron chi connectivity index (χ0n) is 9.58. The Morgan fingerprint density at radius 3 is 3.00 bits per heavy atom. The number of ether oxygens (including phenoxy) is 1. The summed E-state index contributed by atoms with van der Waals surface area (Å²) in [5.74, 6) is -0.279. The van der Waals surface area contributed by atoms with Gasteiger partial charge in [-0.25, -0.2) is 4.79 Å². The zero-order valence-corrected chi connectivity index (χ0v) is 9.58. The molecule has 0 aliphatic heterocycles. The predicted molar refractivity (Wildman–Crippen MR) is 62.4 cm³/mol. The number of esters is 1. The van der Waals surface area contributed by atoms with Gasteiger partial charge in [0.15, 0.2) is 5.78 Å². The molecule has 0 fully saturated rings. The maximum Gasteiger partial charge on any atom is 0.330 e. The number of ketones is 1. The topological polar surface area (TPSA) is 43.4 Å². The first-order chi connectivity index (χ1) is 8.20. The largest absolute Gasteiger partial charge is 0.466 e. The van der Waals surface area contributed by atoms with Crippen molar-refractivity contribution in [3.63, 3.8) is 0 Å². The van der Waals surface area contributed by atoms with E-state index in [1.807, 2.05) is 6.07 Å². The van der Waals surface area contributed by atoms with Gasteiger partial charge >= 0.3 is 5.97 Å². The molecule has 1 aliphatic rings. The fourth-order valence-corrected chi connectivity index (χ4v) is 1.84. The van der Waals surface area contributed by atoms with Crippen LogP contribution in [0.5, 0.6) is 0 Å². The molecule has 1 aromatic rings. The van der Waals surface area contributed by atoms with E-state index < -0.39 is 5.97 Å². The first kappa shape index (κ1) is 11.4. The molecule has 17 heavy (non-hydrogen) atoms. The Morgan fingerprint density at radius 2 is 2.24 bits per heavy atom. The molecule has 1 aliphatic carbocycles. The number of aryl methyl sites for hydroxylation is 1. The van der Waals surface area contributed by atoms with Crippen molar-refractivity contribution in [2.75, 3.05) is 7.11 Å².